The maximum absolute atomic E-state index is 10.9. The molecule has 0 aliphatic heterocycles. The van der Waals surface area contributed by atoms with Crippen molar-refractivity contribution >= 4 is 12.0 Å². The third-order valence-corrected chi connectivity index (χ3v) is 2.22. The standard InChI is InChI=1S/C13H16O2/c1-10(2)12-7-4-11(5-8-12)6-9-13(14)15-3/h4-10H,1-3H3/b9-6+. The predicted octanol–water partition coefficient (Wildman–Crippen LogP) is 3.00. The van der Waals surface area contributed by atoms with Crippen LogP contribution in [-0.4, -0.2) is 13.1 Å². The molecule has 0 unspecified atom stereocenters. The minimum Gasteiger partial charge on any atom is -0.466 e. The summed E-state index contributed by atoms with van der Waals surface area (Å²) in [7, 11) is 1.37. The molecule has 0 N–H and O–H groups in total. The molecule has 2 heteroatoms. The van der Waals surface area contributed by atoms with E-state index in [1.807, 2.05) is 12.1 Å². The number of methoxy groups -OCH3 is 1. The lowest BCUT2D eigenvalue weighted by Gasteiger charge is -2.04. The van der Waals surface area contributed by atoms with Crippen LogP contribution in [0.5, 0.6) is 0 Å². The summed E-state index contributed by atoms with van der Waals surface area (Å²) in [6.45, 7) is 4.30. The first-order valence-corrected chi connectivity index (χ1v) is 4.99. The van der Waals surface area contributed by atoms with E-state index in [0.717, 1.165) is 5.56 Å². The van der Waals surface area contributed by atoms with Gasteiger partial charge in [0.1, 0.15) is 0 Å². The van der Waals surface area contributed by atoms with Gasteiger partial charge in [-0.25, -0.2) is 4.79 Å². The molecule has 0 amide bonds. The van der Waals surface area contributed by atoms with Crippen LogP contribution in [0.3, 0.4) is 0 Å². The Balaban J connectivity index is 2.72. The van der Waals surface area contributed by atoms with Crippen molar-refractivity contribution in [1.29, 1.82) is 0 Å². The second-order valence-electron chi connectivity index (χ2n) is 3.68. The largest absolute Gasteiger partial charge is 0.466 e. The van der Waals surface area contributed by atoms with Crippen LogP contribution in [0.4, 0.5) is 0 Å². The van der Waals surface area contributed by atoms with Gasteiger partial charge in [0.05, 0.1) is 7.11 Å². The number of ether oxygens (including phenoxy) is 1. The maximum atomic E-state index is 10.9. The normalized spacial score (nSPS) is 10.9. The number of rotatable bonds is 3. The summed E-state index contributed by atoms with van der Waals surface area (Å²) in [6, 6.07) is 8.13. The lowest BCUT2D eigenvalue weighted by molar-refractivity contribution is -0.134. The van der Waals surface area contributed by atoms with Crippen molar-refractivity contribution in [1.82, 2.24) is 0 Å². The molecule has 0 bridgehead atoms. The van der Waals surface area contributed by atoms with E-state index in [-0.39, 0.29) is 5.97 Å². The molecule has 0 saturated carbocycles. The summed E-state index contributed by atoms with van der Waals surface area (Å²) in [5.41, 5.74) is 2.30. The van der Waals surface area contributed by atoms with E-state index < -0.39 is 0 Å². The van der Waals surface area contributed by atoms with Crippen LogP contribution < -0.4 is 0 Å². The van der Waals surface area contributed by atoms with Gasteiger partial charge in [0.15, 0.2) is 0 Å². The molecule has 0 atom stereocenters. The minimum atomic E-state index is -0.331. The van der Waals surface area contributed by atoms with Gasteiger partial charge in [-0.1, -0.05) is 38.1 Å². The van der Waals surface area contributed by atoms with Crippen molar-refractivity contribution in [2.45, 2.75) is 19.8 Å². The average molecular weight is 204 g/mol. The SMILES string of the molecule is COC(=O)/C=C/c1ccc(C(C)C)cc1. The Morgan fingerprint density at radius 2 is 1.87 bits per heavy atom. The molecular formula is C13H16O2. The van der Waals surface area contributed by atoms with Crippen molar-refractivity contribution in [3.05, 3.63) is 41.5 Å². The third kappa shape index (κ3) is 3.58. The van der Waals surface area contributed by atoms with Gasteiger partial charge >= 0.3 is 5.97 Å². The molecule has 1 rings (SSSR count). The first-order chi connectivity index (χ1) is 7.13. The van der Waals surface area contributed by atoms with E-state index >= 15 is 0 Å². The zero-order valence-electron chi connectivity index (χ0n) is 9.36. The molecule has 0 spiro atoms. The summed E-state index contributed by atoms with van der Waals surface area (Å²) >= 11 is 0. The molecule has 0 radical (unpaired) electrons. The molecular weight excluding hydrogens is 188 g/mol. The Morgan fingerprint density at radius 1 is 1.27 bits per heavy atom. The number of benzene rings is 1. The summed E-state index contributed by atoms with van der Waals surface area (Å²) < 4.78 is 4.51. The van der Waals surface area contributed by atoms with Gasteiger partial charge < -0.3 is 4.74 Å². The summed E-state index contributed by atoms with van der Waals surface area (Å²) in [4.78, 5) is 10.9. The summed E-state index contributed by atoms with van der Waals surface area (Å²) in [5.74, 6) is 0.201. The maximum Gasteiger partial charge on any atom is 0.330 e. The highest BCUT2D eigenvalue weighted by Gasteiger charge is 1.97. The summed E-state index contributed by atoms with van der Waals surface area (Å²) in [6.07, 6.45) is 3.17. The van der Waals surface area contributed by atoms with Crippen LogP contribution in [-0.2, 0) is 9.53 Å². The van der Waals surface area contributed by atoms with Crippen molar-refractivity contribution in [3.8, 4) is 0 Å². The van der Waals surface area contributed by atoms with E-state index in [4.69, 9.17) is 0 Å². The molecule has 0 aromatic heterocycles. The van der Waals surface area contributed by atoms with E-state index in [0.29, 0.717) is 5.92 Å². The van der Waals surface area contributed by atoms with Crippen molar-refractivity contribution in [2.24, 2.45) is 0 Å². The molecule has 0 fully saturated rings. The lowest BCUT2D eigenvalue weighted by Crippen LogP contribution is -1.93. The minimum absolute atomic E-state index is 0.331. The van der Waals surface area contributed by atoms with Crippen LogP contribution in [0, 0.1) is 0 Å². The van der Waals surface area contributed by atoms with E-state index in [9.17, 15) is 4.79 Å². The van der Waals surface area contributed by atoms with Crippen LogP contribution in [0.25, 0.3) is 6.08 Å². The van der Waals surface area contributed by atoms with Gasteiger partial charge in [0, 0.05) is 6.08 Å². The number of carbonyl (C=O) groups excluding carboxylic acids is 1. The molecule has 0 aliphatic rings. The Bertz CT molecular complexity index is 347. The molecule has 1 aromatic carbocycles. The zero-order valence-corrected chi connectivity index (χ0v) is 9.36. The highest BCUT2D eigenvalue weighted by molar-refractivity contribution is 5.86. The Kier molecular flexibility index (Phi) is 4.10. The van der Waals surface area contributed by atoms with E-state index in [1.54, 1.807) is 6.08 Å². The Morgan fingerprint density at radius 3 is 2.33 bits per heavy atom. The molecule has 2 nitrogen and oxygen atoms in total. The zero-order chi connectivity index (χ0) is 11.3. The van der Waals surface area contributed by atoms with E-state index in [1.165, 1.54) is 18.7 Å². The van der Waals surface area contributed by atoms with Crippen molar-refractivity contribution < 1.29 is 9.53 Å². The summed E-state index contributed by atoms with van der Waals surface area (Å²) in [5, 5.41) is 0. The smallest absolute Gasteiger partial charge is 0.330 e. The Labute approximate surface area is 90.6 Å². The molecule has 0 heterocycles. The van der Waals surface area contributed by atoms with Crippen LogP contribution in [0.1, 0.15) is 30.9 Å². The molecule has 80 valence electrons. The predicted molar refractivity (Wildman–Crippen MR) is 61.6 cm³/mol. The lowest BCUT2D eigenvalue weighted by atomic mass is 10.0. The molecule has 15 heavy (non-hydrogen) atoms. The van der Waals surface area contributed by atoms with Crippen LogP contribution in [0.2, 0.25) is 0 Å². The number of esters is 1. The monoisotopic (exact) mass is 204 g/mol. The number of hydrogen-bond donors (Lipinski definition) is 0. The Hall–Kier alpha value is -1.57. The molecule has 0 saturated heterocycles. The van der Waals surface area contributed by atoms with Crippen molar-refractivity contribution in [2.75, 3.05) is 7.11 Å². The van der Waals surface area contributed by atoms with E-state index in [2.05, 4.69) is 30.7 Å². The van der Waals surface area contributed by atoms with Gasteiger partial charge in [0.25, 0.3) is 0 Å². The van der Waals surface area contributed by atoms with Gasteiger partial charge in [0.2, 0.25) is 0 Å². The first kappa shape index (κ1) is 11.5. The fourth-order valence-electron chi connectivity index (χ4n) is 1.22. The fourth-order valence-corrected chi connectivity index (χ4v) is 1.22. The highest BCUT2D eigenvalue weighted by Crippen LogP contribution is 2.15. The molecule has 0 aliphatic carbocycles. The highest BCUT2D eigenvalue weighted by atomic mass is 16.5. The second-order valence-corrected chi connectivity index (χ2v) is 3.68. The van der Waals surface area contributed by atoms with Gasteiger partial charge in [-0.3, -0.25) is 0 Å². The van der Waals surface area contributed by atoms with Crippen LogP contribution >= 0.6 is 0 Å². The fraction of sp³-hybridized carbons (Fsp3) is 0.308. The van der Waals surface area contributed by atoms with Gasteiger partial charge in [-0.15, -0.1) is 0 Å². The second kappa shape index (κ2) is 5.35. The number of hydrogen-bond acceptors (Lipinski definition) is 2. The third-order valence-electron chi connectivity index (χ3n) is 2.22. The van der Waals surface area contributed by atoms with Crippen LogP contribution in [0.15, 0.2) is 30.3 Å². The average Bonchev–Trinajstić information content (AvgIpc) is 2.26. The topological polar surface area (TPSA) is 26.3 Å². The first-order valence-electron chi connectivity index (χ1n) is 4.99. The number of carbonyl (C=O) groups is 1. The molecule has 1 aromatic rings. The quantitative estimate of drug-likeness (QED) is 0.559. The van der Waals surface area contributed by atoms with Gasteiger partial charge in [-0.05, 0) is 23.1 Å². The van der Waals surface area contributed by atoms with Crippen molar-refractivity contribution in [3.63, 3.8) is 0 Å². The van der Waals surface area contributed by atoms with Gasteiger partial charge in [-0.2, -0.15) is 0 Å².